The van der Waals surface area contributed by atoms with Crippen molar-refractivity contribution in [2.45, 2.75) is 33.9 Å². The molecule has 0 bridgehead atoms. The van der Waals surface area contributed by atoms with E-state index in [9.17, 15) is 9.59 Å². The highest BCUT2D eigenvalue weighted by atomic mass is 16.2. The van der Waals surface area contributed by atoms with E-state index in [2.05, 4.69) is 0 Å². The molecule has 0 saturated heterocycles. The third-order valence-corrected chi connectivity index (χ3v) is 3.40. The van der Waals surface area contributed by atoms with Gasteiger partial charge in [0.05, 0.1) is 6.54 Å². The minimum absolute atomic E-state index is 0.0425. The third-order valence-electron chi connectivity index (χ3n) is 3.40. The molecule has 0 N–H and O–H groups in total. The van der Waals surface area contributed by atoms with Crippen LogP contribution in [-0.4, -0.2) is 14.9 Å². The standard InChI is InChI=1S/C15H18N2O2/c1-4-16-7-8-17(15(16)19)10-14(18)13-6-5-11(2)12(3)9-13/h5-9H,4,10H2,1-3H3. The van der Waals surface area contributed by atoms with Crippen LogP contribution in [0, 0.1) is 13.8 Å². The summed E-state index contributed by atoms with van der Waals surface area (Å²) in [7, 11) is 0. The minimum Gasteiger partial charge on any atom is -0.300 e. The summed E-state index contributed by atoms with van der Waals surface area (Å²) in [6.45, 7) is 6.59. The van der Waals surface area contributed by atoms with Crippen LogP contribution in [0.5, 0.6) is 0 Å². The molecule has 100 valence electrons. The highest BCUT2D eigenvalue weighted by Gasteiger charge is 2.10. The Labute approximate surface area is 112 Å². The Kier molecular flexibility index (Phi) is 3.69. The monoisotopic (exact) mass is 258 g/mol. The molecule has 1 heterocycles. The predicted octanol–water partition coefficient (Wildman–Crippen LogP) is 2.17. The second-order valence-electron chi connectivity index (χ2n) is 4.72. The summed E-state index contributed by atoms with van der Waals surface area (Å²) in [4.78, 5) is 24.0. The molecule has 0 aliphatic heterocycles. The van der Waals surface area contributed by atoms with Crippen LogP contribution in [0.4, 0.5) is 0 Å². The average molecular weight is 258 g/mol. The maximum absolute atomic E-state index is 12.2. The molecule has 0 aliphatic carbocycles. The number of rotatable bonds is 4. The van der Waals surface area contributed by atoms with Crippen LogP contribution in [-0.2, 0) is 13.1 Å². The zero-order valence-electron chi connectivity index (χ0n) is 11.5. The normalized spacial score (nSPS) is 10.7. The van der Waals surface area contributed by atoms with Crippen molar-refractivity contribution in [3.8, 4) is 0 Å². The number of nitrogens with zero attached hydrogens (tertiary/aromatic N) is 2. The Balaban J connectivity index is 2.23. The summed E-state index contributed by atoms with van der Waals surface area (Å²) >= 11 is 0. The van der Waals surface area contributed by atoms with Crippen LogP contribution in [0.15, 0.2) is 35.4 Å². The molecule has 1 aromatic carbocycles. The van der Waals surface area contributed by atoms with Crippen molar-refractivity contribution in [3.05, 3.63) is 57.8 Å². The van der Waals surface area contributed by atoms with Crippen LogP contribution in [0.25, 0.3) is 0 Å². The molecular formula is C15H18N2O2. The number of aromatic nitrogens is 2. The van der Waals surface area contributed by atoms with E-state index in [1.807, 2.05) is 39.0 Å². The van der Waals surface area contributed by atoms with Crippen molar-refractivity contribution >= 4 is 5.78 Å². The molecule has 1 aromatic heterocycles. The first-order valence-corrected chi connectivity index (χ1v) is 6.39. The van der Waals surface area contributed by atoms with Gasteiger partial charge in [0.25, 0.3) is 0 Å². The Morgan fingerprint density at radius 3 is 2.37 bits per heavy atom. The summed E-state index contributed by atoms with van der Waals surface area (Å²) in [5.41, 5.74) is 2.76. The average Bonchev–Trinajstić information content (AvgIpc) is 2.73. The predicted molar refractivity (Wildman–Crippen MR) is 74.6 cm³/mol. The van der Waals surface area contributed by atoms with E-state index in [0.29, 0.717) is 12.1 Å². The maximum Gasteiger partial charge on any atom is 0.328 e. The van der Waals surface area contributed by atoms with E-state index in [4.69, 9.17) is 0 Å². The number of benzene rings is 1. The summed E-state index contributed by atoms with van der Waals surface area (Å²) < 4.78 is 3.02. The fourth-order valence-corrected chi connectivity index (χ4v) is 1.98. The van der Waals surface area contributed by atoms with Crippen molar-refractivity contribution in [1.82, 2.24) is 9.13 Å². The fourth-order valence-electron chi connectivity index (χ4n) is 1.98. The van der Waals surface area contributed by atoms with Gasteiger partial charge >= 0.3 is 5.69 Å². The lowest BCUT2D eigenvalue weighted by Gasteiger charge is -2.05. The van der Waals surface area contributed by atoms with Gasteiger partial charge in [-0.3, -0.25) is 13.9 Å². The maximum atomic E-state index is 12.2. The lowest BCUT2D eigenvalue weighted by atomic mass is 10.0. The van der Waals surface area contributed by atoms with Crippen molar-refractivity contribution in [1.29, 1.82) is 0 Å². The van der Waals surface area contributed by atoms with Crippen molar-refractivity contribution in [2.75, 3.05) is 0 Å². The molecular weight excluding hydrogens is 240 g/mol. The van der Waals surface area contributed by atoms with Crippen LogP contribution in [0.1, 0.15) is 28.4 Å². The number of ketones is 1. The molecule has 0 saturated carbocycles. The molecule has 4 nitrogen and oxygen atoms in total. The zero-order valence-corrected chi connectivity index (χ0v) is 11.5. The van der Waals surface area contributed by atoms with Crippen LogP contribution < -0.4 is 5.69 Å². The fraction of sp³-hybridized carbons (Fsp3) is 0.333. The topological polar surface area (TPSA) is 44.0 Å². The molecule has 0 radical (unpaired) electrons. The van der Waals surface area contributed by atoms with Gasteiger partial charge in [0.15, 0.2) is 5.78 Å². The largest absolute Gasteiger partial charge is 0.328 e. The first-order valence-electron chi connectivity index (χ1n) is 6.39. The van der Waals surface area contributed by atoms with E-state index in [1.54, 1.807) is 17.0 Å². The van der Waals surface area contributed by atoms with Gasteiger partial charge in [-0.15, -0.1) is 0 Å². The molecule has 2 aromatic rings. The number of hydrogen-bond acceptors (Lipinski definition) is 2. The smallest absolute Gasteiger partial charge is 0.300 e. The van der Waals surface area contributed by atoms with Gasteiger partial charge in [-0.25, -0.2) is 4.79 Å². The number of carbonyl (C=O) groups is 1. The second kappa shape index (κ2) is 5.26. The van der Waals surface area contributed by atoms with Crippen molar-refractivity contribution in [2.24, 2.45) is 0 Å². The Hall–Kier alpha value is -2.10. The number of carbonyl (C=O) groups excluding carboxylic acids is 1. The highest BCUT2D eigenvalue weighted by molar-refractivity contribution is 5.96. The van der Waals surface area contributed by atoms with Gasteiger partial charge < -0.3 is 0 Å². The summed E-state index contributed by atoms with van der Waals surface area (Å²) in [5.74, 6) is -0.0425. The first-order chi connectivity index (χ1) is 9.02. The summed E-state index contributed by atoms with van der Waals surface area (Å²) in [5, 5.41) is 0. The number of Topliss-reactive ketones (excluding diaryl/α,β-unsaturated/α-hetero) is 1. The Bertz CT molecular complexity index is 665. The Morgan fingerprint density at radius 1 is 1.11 bits per heavy atom. The second-order valence-corrected chi connectivity index (χ2v) is 4.72. The SMILES string of the molecule is CCn1ccn(CC(=O)c2ccc(C)c(C)c2)c1=O. The first kappa shape index (κ1) is 13.3. The van der Waals surface area contributed by atoms with E-state index < -0.39 is 0 Å². The van der Waals surface area contributed by atoms with E-state index in [0.717, 1.165) is 11.1 Å². The molecule has 0 aliphatic rings. The molecule has 0 fully saturated rings. The molecule has 0 amide bonds. The summed E-state index contributed by atoms with van der Waals surface area (Å²) in [6.07, 6.45) is 3.36. The molecule has 4 heteroatoms. The van der Waals surface area contributed by atoms with Gasteiger partial charge in [-0.2, -0.15) is 0 Å². The molecule has 2 rings (SSSR count). The molecule has 0 spiro atoms. The molecule has 0 unspecified atom stereocenters. The van der Waals surface area contributed by atoms with E-state index >= 15 is 0 Å². The van der Waals surface area contributed by atoms with Crippen LogP contribution in [0.3, 0.4) is 0 Å². The van der Waals surface area contributed by atoms with Crippen molar-refractivity contribution < 1.29 is 4.79 Å². The number of imidazole rings is 1. The van der Waals surface area contributed by atoms with Gasteiger partial charge in [0.1, 0.15) is 0 Å². The Morgan fingerprint density at radius 2 is 1.79 bits per heavy atom. The van der Waals surface area contributed by atoms with Gasteiger partial charge in [-0.1, -0.05) is 12.1 Å². The number of hydrogen-bond donors (Lipinski definition) is 0. The number of aryl methyl sites for hydroxylation is 3. The van der Waals surface area contributed by atoms with Crippen LogP contribution in [0.2, 0.25) is 0 Å². The van der Waals surface area contributed by atoms with Crippen molar-refractivity contribution in [3.63, 3.8) is 0 Å². The van der Waals surface area contributed by atoms with Gasteiger partial charge in [-0.05, 0) is 38.0 Å². The lowest BCUT2D eigenvalue weighted by molar-refractivity contribution is 0.0970. The lowest BCUT2D eigenvalue weighted by Crippen LogP contribution is -2.26. The van der Waals surface area contributed by atoms with E-state index in [1.165, 1.54) is 4.57 Å². The van der Waals surface area contributed by atoms with E-state index in [-0.39, 0.29) is 18.0 Å². The highest BCUT2D eigenvalue weighted by Crippen LogP contribution is 2.10. The quantitative estimate of drug-likeness (QED) is 0.789. The zero-order chi connectivity index (χ0) is 14.0. The minimum atomic E-state index is -0.139. The van der Waals surface area contributed by atoms with Gasteiger partial charge in [0.2, 0.25) is 0 Å². The summed E-state index contributed by atoms with van der Waals surface area (Å²) in [6, 6.07) is 5.62. The molecule has 19 heavy (non-hydrogen) atoms. The molecule has 0 atom stereocenters. The van der Waals surface area contributed by atoms with Gasteiger partial charge in [0, 0.05) is 24.5 Å². The third kappa shape index (κ3) is 2.67. The van der Waals surface area contributed by atoms with Crippen LogP contribution >= 0.6 is 0 Å².